The molecule has 83 heavy (non-hydrogen) atoms. The van der Waals surface area contributed by atoms with Crippen LogP contribution in [-0.4, -0.2) is 197 Å². The highest BCUT2D eigenvalue weighted by Gasteiger charge is 2.47. The minimum atomic E-state index is -4.76. The second kappa shape index (κ2) is 51.4. The maximum Gasteiger partial charge on any atom is 0.472 e. The van der Waals surface area contributed by atoms with Crippen molar-refractivity contribution in [1.29, 1.82) is 0 Å². The third kappa shape index (κ3) is 40.4. The summed E-state index contributed by atoms with van der Waals surface area (Å²) in [6, 6.07) is 0. The van der Waals surface area contributed by atoms with Crippen LogP contribution >= 0.6 is 7.82 Å². The van der Waals surface area contributed by atoms with E-state index in [0.29, 0.717) is 12.8 Å². The molecule has 1 rings (SSSR count). The summed E-state index contributed by atoms with van der Waals surface area (Å²) in [4.78, 5) is 61.2. The highest BCUT2D eigenvalue weighted by Crippen LogP contribution is 2.43. The number of carbonyl (C=O) groups excluding carboxylic acids is 4. The number of unbranched alkanes of at least 4 members (excludes halogenated alkanes) is 28. The number of alkyl carbamates (subject to hydrolysis) is 1. The van der Waals surface area contributed by atoms with Crippen LogP contribution in [0.4, 0.5) is 4.79 Å². The van der Waals surface area contributed by atoms with Crippen molar-refractivity contribution in [3.8, 4) is 0 Å². The number of hydrogen-bond acceptors (Lipinski definition) is 21. The third-order valence-electron chi connectivity index (χ3n) is 14.4. The predicted molar refractivity (Wildman–Crippen MR) is 309 cm³/mol. The van der Waals surface area contributed by atoms with E-state index in [-0.39, 0.29) is 52.4 Å². The van der Waals surface area contributed by atoms with Gasteiger partial charge in [-0.25, -0.2) is 9.36 Å². The molecule has 0 aromatic carbocycles. The summed E-state index contributed by atoms with van der Waals surface area (Å²) in [5.41, 5.74) is 0. The van der Waals surface area contributed by atoms with Crippen molar-refractivity contribution in [2.24, 2.45) is 0 Å². The van der Waals surface area contributed by atoms with Gasteiger partial charge in [0.1, 0.15) is 55.9 Å². The molecule has 1 aliphatic heterocycles. The maximum absolute atomic E-state index is 13.0. The lowest BCUT2D eigenvalue weighted by molar-refractivity contribution is -0.316. The number of rotatable bonds is 56. The first-order valence-electron chi connectivity index (χ1n) is 31.4. The van der Waals surface area contributed by atoms with Crippen LogP contribution in [-0.2, 0) is 56.4 Å². The average molecular weight is 1220 g/mol. The lowest BCUT2D eigenvalue weighted by atomic mass is 9.98. The van der Waals surface area contributed by atoms with Crippen LogP contribution in [0.5, 0.6) is 0 Å². The van der Waals surface area contributed by atoms with Gasteiger partial charge in [-0.2, -0.15) is 0 Å². The Hall–Kier alpha value is -2.65. The van der Waals surface area contributed by atoms with Crippen molar-refractivity contribution in [2.75, 3.05) is 65.9 Å². The Morgan fingerprint density at radius 1 is 0.530 bits per heavy atom. The number of aliphatic hydroxyl groups excluding tert-OH is 8. The molecular formula is C58H111N2O22P. The van der Waals surface area contributed by atoms with Crippen LogP contribution < -0.4 is 10.6 Å². The second-order valence-corrected chi connectivity index (χ2v) is 23.2. The van der Waals surface area contributed by atoms with Crippen LogP contribution in [0.3, 0.4) is 0 Å². The minimum Gasteiger partial charge on any atom is -0.462 e. The van der Waals surface area contributed by atoms with E-state index >= 15 is 0 Å². The van der Waals surface area contributed by atoms with E-state index in [4.69, 9.17) is 37.5 Å². The minimum absolute atomic E-state index is 0.120. The molecule has 0 aliphatic carbocycles. The molecule has 1 aliphatic rings. The van der Waals surface area contributed by atoms with Gasteiger partial charge in [0.15, 0.2) is 18.5 Å². The van der Waals surface area contributed by atoms with Gasteiger partial charge in [-0.05, 0) is 12.8 Å². The summed E-state index contributed by atoms with van der Waals surface area (Å²) in [6.45, 7) is -0.118. The van der Waals surface area contributed by atoms with Crippen molar-refractivity contribution < 1.29 is 107 Å². The molecule has 0 bridgehead atoms. The topological polar surface area (TPSA) is 365 Å². The number of amides is 2. The number of nitrogens with one attached hydrogen (secondary N) is 2. The molecule has 11 N–H and O–H groups in total. The molecule has 24 nitrogen and oxygen atoms in total. The SMILES string of the molecule is CCCCCCCCCCCCCCCCCC(=O)OCC(COP(=O)(O)OCCNC(=O)OCCOCCNC(=O)[C@@H](O[C@H]1O[C@H](CO)[C@@H](O)[C@H](O)[C@@H]1O)[C@H](O)[C@H](O)[C@H](O)CO)OC(=O)CCCCCCCCCCCCCCCCC. The van der Waals surface area contributed by atoms with E-state index in [0.717, 1.165) is 44.9 Å². The Kier molecular flexibility index (Phi) is 48.5. The van der Waals surface area contributed by atoms with Gasteiger partial charge in [0.2, 0.25) is 0 Å². The van der Waals surface area contributed by atoms with Crippen LogP contribution in [0.2, 0.25) is 0 Å². The Morgan fingerprint density at radius 3 is 1.48 bits per heavy atom. The number of phosphoric acid groups is 1. The molecule has 2 amide bonds. The number of ether oxygens (including phenoxy) is 6. The van der Waals surface area contributed by atoms with Crippen molar-refractivity contribution >= 4 is 31.8 Å². The first kappa shape index (κ1) is 78.4. The fourth-order valence-electron chi connectivity index (χ4n) is 9.26. The van der Waals surface area contributed by atoms with Gasteiger partial charge in [-0.1, -0.05) is 194 Å². The molecule has 490 valence electrons. The van der Waals surface area contributed by atoms with Crippen molar-refractivity contribution in [3.63, 3.8) is 0 Å². The zero-order valence-electron chi connectivity index (χ0n) is 50.3. The second-order valence-electron chi connectivity index (χ2n) is 21.7. The predicted octanol–water partition coefficient (Wildman–Crippen LogP) is 6.22. The lowest BCUT2D eigenvalue weighted by Crippen LogP contribution is -2.62. The van der Waals surface area contributed by atoms with Crippen molar-refractivity contribution in [3.05, 3.63) is 0 Å². The fraction of sp³-hybridized carbons (Fsp3) is 0.931. The van der Waals surface area contributed by atoms with E-state index in [1.165, 1.54) is 135 Å². The Morgan fingerprint density at radius 2 is 1.00 bits per heavy atom. The standard InChI is InChI=1S/C58H111N2O22P/c1-3-5-7-9-11-13-15-17-19-21-23-25-27-29-31-33-48(64)77-43-45(80-49(65)34-32-30-28-26-24-22-20-18-16-14-12-10-8-6-4-2)44-79-83(73,74)78-38-36-60-58(72)76-40-39-75-37-35-59-56(71)55(53(69)50(66)46(63)41-61)82-57-54(70)52(68)51(67)47(42-62)81-57/h45-47,50-55,57,61-63,66-70H,3-44H2,1-2H3,(H,59,71)(H,60,72)(H,73,74)/t45?,46-,47-,50-,51-,52+,53-,54+,55+,57-/m1/s1. The largest absolute Gasteiger partial charge is 0.472 e. The summed E-state index contributed by atoms with van der Waals surface area (Å²) >= 11 is 0. The van der Waals surface area contributed by atoms with Gasteiger partial charge in [-0.15, -0.1) is 0 Å². The van der Waals surface area contributed by atoms with Gasteiger partial charge in [0.05, 0.1) is 39.6 Å². The smallest absolute Gasteiger partial charge is 0.462 e. The third-order valence-corrected chi connectivity index (χ3v) is 15.4. The Labute approximate surface area is 494 Å². The molecule has 0 radical (unpaired) electrons. The molecule has 0 spiro atoms. The molecule has 1 heterocycles. The zero-order chi connectivity index (χ0) is 61.4. The van der Waals surface area contributed by atoms with E-state index in [9.17, 15) is 69.5 Å². The first-order chi connectivity index (χ1) is 40.0. The molecule has 1 saturated heterocycles. The lowest BCUT2D eigenvalue weighted by Gasteiger charge is -2.41. The highest BCUT2D eigenvalue weighted by atomic mass is 31.2. The normalized spacial score (nSPS) is 19.7. The molecule has 25 heteroatoms. The van der Waals surface area contributed by atoms with E-state index in [1.807, 2.05) is 0 Å². The van der Waals surface area contributed by atoms with Crippen molar-refractivity contribution in [2.45, 2.75) is 281 Å². The monoisotopic (exact) mass is 1220 g/mol. The van der Waals surface area contributed by atoms with Crippen LogP contribution in [0.25, 0.3) is 0 Å². The summed E-state index contributed by atoms with van der Waals surface area (Å²) in [5.74, 6) is -2.17. The molecular weight excluding hydrogens is 1110 g/mol. The van der Waals surface area contributed by atoms with Gasteiger partial charge in [0, 0.05) is 25.9 Å². The average Bonchev–Trinajstić information content (AvgIpc) is 3.60. The summed E-state index contributed by atoms with van der Waals surface area (Å²) in [7, 11) is -4.76. The molecule has 11 atom stereocenters. The number of aliphatic hydroxyl groups is 8. The Bertz CT molecular complexity index is 1660. The summed E-state index contributed by atoms with van der Waals surface area (Å²) < 4.78 is 54.8. The molecule has 0 aromatic rings. The fourth-order valence-corrected chi connectivity index (χ4v) is 10.0. The zero-order valence-corrected chi connectivity index (χ0v) is 51.1. The van der Waals surface area contributed by atoms with Gasteiger partial charge in [-0.3, -0.25) is 23.4 Å². The van der Waals surface area contributed by atoms with E-state index < -0.39 is 119 Å². The highest BCUT2D eigenvalue weighted by molar-refractivity contribution is 7.47. The van der Waals surface area contributed by atoms with Crippen LogP contribution in [0, 0.1) is 0 Å². The molecule has 0 saturated carbocycles. The molecule has 0 aromatic heterocycles. The van der Waals surface area contributed by atoms with Gasteiger partial charge in [0.25, 0.3) is 5.91 Å². The molecule has 1 fully saturated rings. The van der Waals surface area contributed by atoms with Crippen LogP contribution in [0.15, 0.2) is 0 Å². The summed E-state index contributed by atoms with van der Waals surface area (Å²) in [6.07, 6.45) is 16.3. The maximum atomic E-state index is 13.0. The number of carbonyl (C=O) groups is 4. The number of hydrogen-bond donors (Lipinski definition) is 11. The quantitative estimate of drug-likeness (QED) is 0.0139. The van der Waals surface area contributed by atoms with Gasteiger partial charge < -0.3 is 84.8 Å². The number of esters is 2. The first-order valence-corrected chi connectivity index (χ1v) is 32.8. The van der Waals surface area contributed by atoms with E-state index in [2.05, 4.69) is 24.5 Å². The Balaban J connectivity index is 2.51. The van der Waals surface area contributed by atoms with Gasteiger partial charge >= 0.3 is 25.9 Å². The van der Waals surface area contributed by atoms with Crippen LogP contribution in [0.1, 0.15) is 219 Å². The summed E-state index contributed by atoms with van der Waals surface area (Å²) in [5, 5.41) is 84.6. The van der Waals surface area contributed by atoms with E-state index in [1.54, 1.807) is 0 Å². The molecule has 2 unspecified atom stereocenters. The van der Waals surface area contributed by atoms with Crippen molar-refractivity contribution in [1.82, 2.24) is 10.6 Å². The number of phosphoric ester groups is 1.